The summed E-state index contributed by atoms with van der Waals surface area (Å²) in [5.41, 5.74) is 0. The van der Waals surface area contributed by atoms with Gasteiger partial charge in [-0.2, -0.15) is 0 Å². The zero-order valence-corrected chi connectivity index (χ0v) is 13.9. The Morgan fingerprint density at radius 3 is 1.75 bits per heavy atom. The van der Waals surface area contributed by atoms with Crippen LogP contribution in [0.15, 0.2) is 0 Å². The normalized spacial score (nSPS) is 12.3. The molecule has 0 heterocycles. The molecule has 0 aromatic rings. The van der Waals surface area contributed by atoms with Gasteiger partial charge in [-0.25, -0.2) is 0 Å². The minimum atomic E-state index is -3.08. The minimum absolute atomic E-state index is 0.335. The summed E-state index contributed by atoms with van der Waals surface area (Å²) in [6.07, 6.45) is 6.84. The zero-order chi connectivity index (χ0) is 12.4. The molecule has 0 aliphatic heterocycles. The summed E-state index contributed by atoms with van der Waals surface area (Å²) in [5.74, 6) is 1.82. The van der Waals surface area contributed by atoms with Crippen LogP contribution in [-0.4, -0.2) is 21.3 Å². The van der Waals surface area contributed by atoms with Gasteiger partial charge in [-0.05, 0) is 0 Å². The van der Waals surface area contributed by atoms with E-state index in [1.807, 2.05) is 0 Å². The monoisotopic (exact) mass is 353 g/mol. The fourth-order valence-electron chi connectivity index (χ4n) is 1.42. The van der Waals surface area contributed by atoms with Crippen molar-refractivity contribution in [3.63, 3.8) is 0 Å². The van der Waals surface area contributed by atoms with E-state index in [2.05, 4.69) is 13.8 Å². The summed E-state index contributed by atoms with van der Waals surface area (Å²) in [5, 5.41) is 0. The second-order valence-electron chi connectivity index (χ2n) is 3.85. The number of unbranched alkanes of at least 4 members (excludes halogenated alkanes) is 4. The summed E-state index contributed by atoms with van der Waals surface area (Å²) < 4.78 is 4.91. The first kappa shape index (κ1) is 17.3. The summed E-state index contributed by atoms with van der Waals surface area (Å²) >= 11 is 1.34. The molecule has 0 amide bonds. The van der Waals surface area contributed by atoms with Gasteiger partial charge in [-0.1, -0.05) is 0 Å². The van der Waals surface area contributed by atoms with Gasteiger partial charge in [0.25, 0.3) is 0 Å². The maximum atomic E-state index is 9.84. The molecule has 0 aromatic heterocycles. The molecule has 0 fully saturated rings. The molecule has 0 radical (unpaired) electrons. The van der Waals surface area contributed by atoms with Gasteiger partial charge in [0.1, 0.15) is 0 Å². The number of hydrogen-bond acceptors (Lipinski definition) is 1. The zero-order valence-electron chi connectivity index (χ0n) is 10.2. The van der Waals surface area contributed by atoms with Crippen molar-refractivity contribution in [1.29, 1.82) is 0 Å². The van der Waals surface area contributed by atoms with Gasteiger partial charge >= 0.3 is 114 Å². The Balaban J connectivity index is 4.33. The van der Waals surface area contributed by atoms with Crippen molar-refractivity contribution in [2.24, 2.45) is 0 Å². The number of rotatable bonds is 9. The van der Waals surface area contributed by atoms with Crippen LogP contribution in [0.25, 0.3) is 0 Å². The molecule has 0 aliphatic rings. The van der Waals surface area contributed by atoms with Crippen LogP contribution in [0.1, 0.15) is 52.4 Å². The first-order valence-electron chi connectivity index (χ1n) is 5.92. The molecule has 0 aromatic carbocycles. The predicted octanol–water partition coefficient (Wildman–Crippen LogP) is 3.13. The van der Waals surface area contributed by atoms with Gasteiger partial charge in [0.05, 0.1) is 0 Å². The Hall–Kier alpha value is 1.35. The molecule has 3 nitrogen and oxygen atoms in total. The standard InChI is InChI=1S/C10H24O3PS.Mo/c1-3-5-7-9-15(14(11,12)13)10-8-6-4-2;/h3-10H2,1-2H3,(H2-,11,12,13);/q-1;+1. The quantitative estimate of drug-likeness (QED) is 0.381. The SMILES string of the molecule is CCCCCS(CCCCC)=P(O)(O)[O][Mo]. The fraction of sp³-hybridized carbons (Fsp3) is 1.00. The van der Waals surface area contributed by atoms with Crippen LogP contribution in [0.4, 0.5) is 0 Å². The molecule has 99 valence electrons. The van der Waals surface area contributed by atoms with Crippen LogP contribution < -0.4 is 0 Å². The van der Waals surface area contributed by atoms with Gasteiger partial charge in [0.15, 0.2) is 0 Å². The molecule has 0 saturated carbocycles. The van der Waals surface area contributed by atoms with E-state index in [9.17, 15) is 9.79 Å². The molecule has 0 unspecified atom stereocenters. The Kier molecular flexibility index (Phi) is 11.2. The van der Waals surface area contributed by atoms with Gasteiger partial charge < -0.3 is 0 Å². The van der Waals surface area contributed by atoms with Crippen molar-refractivity contribution in [2.45, 2.75) is 52.4 Å². The van der Waals surface area contributed by atoms with Crippen molar-refractivity contribution >= 4 is 16.8 Å². The predicted molar refractivity (Wildman–Crippen MR) is 68.6 cm³/mol. The molecule has 0 atom stereocenters. The molecule has 16 heavy (non-hydrogen) atoms. The van der Waals surface area contributed by atoms with E-state index in [0.29, 0.717) is 0 Å². The van der Waals surface area contributed by atoms with Crippen molar-refractivity contribution in [3.8, 4) is 0 Å². The molecule has 0 rings (SSSR count). The average Bonchev–Trinajstić information content (AvgIpc) is 2.27. The first-order chi connectivity index (χ1) is 7.58. The third-order valence-electron chi connectivity index (χ3n) is 2.40. The van der Waals surface area contributed by atoms with Crippen LogP contribution in [0.5, 0.6) is 0 Å². The summed E-state index contributed by atoms with van der Waals surface area (Å²) in [6.45, 7) is 1.24. The van der Waals surface area contributed by atoms with E-state index < -0.39 is 6.72 Å². The van der Waals surface area contributed by atoms with E-state index in [0.717, 1.165) is 24.3 Å². The second kappa shape index (κ2) is 10.3. The van der Waals surface area contributed by atoms with E-state index >= 15 is 0 Å². The van der Waals surface area contributed by atoms with Crippen LogP contribution in [0.3, 0.4) is 0 Å². The van der Waals surface area contributed by atoms with Gasteiger partial charge in [-0.15, -0.1) is 0 Å². The van der Waals surface area contributed by atoms with E-state index in [-0.39, 0.29) is 10.1 Å². The van der Waals surface area contributed by atoms with Gasteiger partial charge in [0.2, 0.25) is 0 Å². The number of hydrogen-bond donors (Lipinski definition) is 2. The molecule has 0 spiro atoms. The van der Waals surface area contributed by atoms with Crippen molar-refractivity contribution in [2.75, 3.05) is 11.5 Å². The molecule has 2 N–H and O–H groups in total. The Morgan fingerprint density at radius 1 is 1.00 bits per heavy atom. The van der Waals surface area contributed by atoms with Crippen LogP contribution in [0.2, 0.25) is 0 Å². The van der Waals surface area contributed by atoms with Crippen molar-refractivity contribution in [1.82, 2.24) is 0 Å². The Morgan fingerprint density at radius 2 is 1.44 bits per heavy atom. The Bertz CT molecular complexity index is 218. The maximum absolute atomic E-state index is 9.84. The topological polar surface area (TPSA) is 49.7 Å². The van der Waals surface area contributed by atoms with Crippen LogP contribution >= 0.6 is 6.72 Å². The summed E-state index contributed by atoms with van der Waals surface area (Å²) in [7, 11) is -0.335. The van der Waals surface area contributed by atoms with E-state index in [1.165, 1.54) is 45.9 Å². The Labute approximate surface area is 114 Å². The van der Waals surface area contributed by atoms with Gasteiger partial charge in [-0.3, -0.25) is 0 Å². The van der Waals surface area contributed by atoms with E-state index in [4.69, 9.17) is 3.18 Å². The molecular formula is C10H24MoO3PS. The second-order valence-corrected chi connectivity index (χ2v) is 10.8. The first-order valence-corrected chi connectivity index (χ1v) is 10.5. The van der Waals surface area contributed by atoms with Crippen molar-refractivity contribution in [3.05, 3.63) is 0 Å². The third kappa shape index (κ3) is 7.63. The molecular weight excluding hydrogens is 327 g/mol. The fourth-order valence-corrected chi connectivity index (χ4v) is 7.62. The molecule has 0 saturated heterocycles. The summed E-state index contributed by atoms with van der Waals surface area (Å²) in [4.78, 5) is 19.7. The van der Waals surface area contributed by atoms with Crippen LogP contribution in [-0.2, 0) is 33.4 Å². The molecule has 0 aliphatic carbocycles. The average molecular weight is 351 g/mol. The summed E-state index contributed by atoms with van der Waals surface area (Å²) in [6, 6.07) is 0. The molecule has 6 heteroatoms. The van der Waals surface area contributed by atoms with Crippen LogP contribution in [0, 0.1) is 0 Å². The van der Waals surface area contributed by atoms with E-state index in [1.54, 1.807) is 0 Å². The third-order valence-corrected chi connectivity index (χ3v) is 10.4. The molecule has 0 bridgehead atoms. The van der Waals surface area contributed by atoms with Gasteiger partial charge in [0, 0.05) is 0 Å². The van der Waals surface area contributed by atoms with Crippen molar-refractivity contribution < 1.29 is 33.2 Å².